The summed E-state index contributed by atoms with van der Waals surface area (Å²) in [6, 6.07) is 6.57. The van der Waals surface area contributed by atoms with Crippen LogP contribution < -0.4 is 9.47 Å². The van der Waals surface area contributed by atoms with Crippen LogP contribution in [0.2, 0.25) is 0 Å². The van der Waals surface area contributed by atoms with E-state index in [1.165, 1.54) is 19.2 Å². The zero-order valence-electron chi connectivity index (χ0n) is 15.0. The Morgan fingerprint density at radius 2 is 2.00 bits per heavy atom. The first kappa shape index (κ1) is 18.2. The van der Waals surface area contributed by atoms with Gasteiger partial charge in [0.25, 0.3) is 11.1 Å². The molecular weight excluding hydrogens is 386 g/mol. The molecule has 9 heteroatoms. The minimum atomic E-state index is -0.626. The van der Waals surface area contributed by atoms with E-state index in [2.05, 4.69) is 4.74 Å². The summed E-state index contributed by atoms with van der Waals surface area (Å²) in [4.78, 5) is 37.8. The van der Waals surface area contributed by atoms with Crippen LogP contribution in [0.4, 0.5) is 4.79 Å². The highest BCUT2D eigenvalue weighted by Crippen LogP contribution is 2.38. The maximum absolute atomic E-state index is 12.7. The molecule has 0 unspecified atom stereocenters. The highest BCUT2D eigenvalue weighted by Gasteiger charge is 2.36. The number of hydrogen-bond donors (Lipinski definition) is 0. The van der Waals surface area contributed by atoms with Gasteiger partial charge in [0.15, 0.2) is 11.5 Å². The van der Waals surface area contributed by atoms with Gasteiger partial charge in [0.1, 0.15) is 5.76 Å². The average Bonchev–Trinajstić information content (AvgIpc) is 3.38. The molecule has 1 fully saturated rings. The Morgan fingerprint density at radius 1 is 1.25 bits per heavy atom. The summed E-state index contributed by atoms with van der Waals surface area (Å²) in [6.45, 7) is 1.97. The summed E-state index contributed by atoms with van der Waals surface area (Å²) in [5.74, 6) is 0.518. The number of benzene rings is 1. The number of carbonyl (C=O) groups is 3. The number of aryl methyl sites for hydroxylation is 1. The Kier molecular flexibility index (Phi) is 4.60. The molecule has 2 amide bonds. The van der Waals surface area contributed by atoms with Crippen molar-refractivity contribution < 1.29 is 33.0 Å². The van der Waals surface area contributed by atoms with Crippen LogP contribution in [0, 0.1) is 6.92 Å². The highest BCUT2D eigenvalue weighted by molar-refractivity contribution is 8.18. The number of methoxy groups -OCH3 is 1. The molecule has 0 saturated carbocycles. The average molecular weight is 401 g/mol. The summed E-state index contributed by atoms with van der Waals surface area (Å²) in [5.41, 5.74) is 1.66. The molecule has 0 spiro atoms. The topological polar surface area (TPSA) is 95.3 Å². The quantitative estimate of drug-likeness (QED) is 0.569. The molecular formula is C19H15NO7S. The number of carbonyl (C=O) groups excluding carboxylic acids is 3. The lowest BCUT2D eigenvalue weighted by atomic mass is 10.1. The molecule has 1 aromatic heterocycles. The van der Waals surface area contributed by atoms with Crippen LogP contribution in [0.25, 0.3) is 6.08 Å². The van der Waals surface area contributed by atoms with Crippen molar-refractivity contribution in [2.45, 2.75) is 13.5 Å². The van der Waals surface area contributed by atoms with Gasteiger partial charge in [-0.05, 0) is 60.2 Å². The summed E-state index contributed by atoms with van der Waals surface area (Å²) < 4.78 is 20.6. The number of furan rings is 1. The molecule has 1 saturated heterocycles. The number of ether oxygens (including phenoxy) is 3. The van der Waals surface area contributed by atoms with Gasteiger partial charge in [-0.25, -0.2) is 4.79 Å². The second-order valence-electron chi connectivity index (χ2n) is 6.09. The fourth-order valence-corrected chi connectivity index (χ4v) is 3.65. The number of fused-ring (bicyclic) bond motifs is 1. The van der Waals surface area contributed by atoms with Crippen LogP contribution in [-0.4, -0.2) is 35.9 Å². The lowest BCUT2D eigenvalue weighted by Gasteiger charge is -2.10. The Hall–Kier alpha value is -3.20. The maximum atomic E-state index is 12.7. The Balaban J connectivity index is 1.55. The number of rotatable bonds is 4. The van der Waals surface area contributed by atoms with Crippen LogP contribution in [-0.2, 0) is 16.1 Å². The monoisotopic (exact) mass is 401 g/mol. The van der Waals surface area contributed by atoms with Crippen molar-refractivity contribution in [2.75, 3.05) is 13.9 Å². The van der Waals surface area contributed by atoms with E-state index in [4.69, 9.17) is 13.9 Å². The predicted molar refractivity (Wildman–Crippen MR) is 98.9 cm³/mol. The second-order valence-corrected chi connectivity index (χ2v) is 7.08. The molecule has 1 aromatic carbocycles. The number of hydrogen-bond acceptors (Lipinski definition) is 8. The molecule has 4 rings (SSSR count). The van der Waals surface area contributed by atoms with E-state index in [1.54, 1.807) is 12.1 Å². The summed E-state index contributed by atoms with van der Waals surface area (Å²) in [5, 5.41) is -0.411. The summed E-state index contributed by atoms with van der Waals surface area (Å²) >= 11 is 0.849. The second kappa shape index (κ2) is 7.08. The zero-order valence-corrected chi connectivity index (χ0v) is 15.8. The summed E-state index contributed by atoms with van der Waals surface area (Å²) in [7, 11) is 1.24. The van der Waals surface area contributed by atoms with Gasteiger partial charge in [0.2, 0.25) is 12.6 Å². The number of amides is 2. The fraction of sp³-hybridized carbons (Fsp3) is 0.211. The number of thioether (sulfide) groups is 1. The molecule has 0 atom stereocenters. The third kappa shape index (κ3) is 3.24. The number of nitrogens with zero attached hydrogens (tertiary/aromatic N) is 1. The Morgan fingerprint density at radius 3 is 2.75 bits per heavy atom. The first-order valence-electron chi connectivity index (χ1n) is 8.29. The van der Waals surface area contributed by atoms with E-state index in [9.17, 15) is 14.4 Å². The molecule has 28 heavy (non-hydrogen) atoms. The standard InChI is InChI=1S/C19H15NO7S/c1-10-5-14-15(26-9-25-14)6-11(10)7-16-17(21)20(19(23)28-16)8-12-3-4-13(27-12)18(22)24-2/h3-7H,8-9H2,1-2H3. The van der Waals surface area contributed by atoms with Crippen LogP contribution in [0.5, 0.6) is 11.5 Å². The lowest BCUT2D eigenvalue weighted by molar-refractivity contribution is -0.123. The van der Waals surface area contributed by atoms with Gasteiger partial charge in [0, 0.05) is 0 Å². The minimum absolute atomic E-state index is 0.0102. The number of esters is 1. The molecule has 0 bridgehead atoms. The van der Waals surface area contributed by atoms with Crippen molar-refractivity contribution in [2.24, 2.45) is 0 Å². The normalized spacial score (nSPS) is 16.9. The van der Waals surface area contributed by atoms with Crippen LogP contribution in [0.15, 0.2) is 33.6 Å². The Labute approximate surface area is 164 Å². The van der Waals surface area contributed by atoms with Gasteiger partial charge < -0.3 is 18.6 Å². The fourth-order valence-electron chi connectivity index (χ4n) is 2.82. The van der Waals surface area contributed by atoms with E-state index < -0.39 is 17.1 Å². The van der Waals surface area contributed by atoms with E-state index in [0.29, 0.717) is 22.2 Å². The van der Waals surface area contributed by atoms with Crippen molar-refractivity contribution in [1.82, 2.24) is 4.90 Å². The van der Waals surface area contributed by atoms with Gasteiger partial charge >= 0.3 is 5.97 Å². The SMILES string of the molecule is COC(=O)c1ccc(CN2C(=O)SC(=Cc3cc4c(cc3C)OCO4)C2=O)o1. The van der Waals surface area contributed by atoms with Gasteiger partial charge in [-0.2, -0.15) is 0 Å². The molecule has 0 N–H and O–H groups in total. The van der Waals surface area contributed by atoms with Crippen molar-refractivity contribution in [1.29, 1.82) is 0 Å². The van der Waals surface area contributed by atoms with Gasteiger partial charge in [-0.1, -0.05) is 0 Å². The first-order chi connectivity index (χ1) is 13.5. The highest BCUT2D eigenvalue weighted by atomic mass is 32.2. The van der Waals surface area contributed by atoms with Crippen molar-refractivity contribution in [3.63, 3.8) is 0 Å². The van der Waals surface area contributed by atoms with Crippen molar-refractivity contribution in [3.8, 4) is 11.5 Å². The van der Waals surface area contributed by atoms with Crippen molar-refractivity contribution in [3.05, 3.63) is 51.8 Å². The van der Waals surface area contributed by atoms with E-state index in [1.807, 2.05) is 13.0 Å². The third-order valence-electron chi connectivity index (χ3n) is 4.28. The van der Waals surface area contributed by atoms with E-state index in [0.717, 1.165) is 27.8 Å². The Bertz CT molecular complexity index is 1020. The predicted octanol–water partition coefficient (Wildman–Crippen LogP) is 3.34. The smallest absolute Gasteiger partial charge is 0.373 e. The van der Waals surface area contributed by atoms with Crippen LogP contribution in [0.3, 0.4) is 0 Å². The molecule has 3 heterocycles. The largest absolute Gasteiger partial charge is 0.463 e. The van der Waals surface area contributed by atoms with Gasteiger partial charge in [-0.15, -0.1) is 0 Å². The summed E-state index contributed by atoms with van der Waals surface area (Å²) in [6.07, 6.45) is 1.66. The zero-order chi connectivity index (χ0) is 19.8. The van der Waals surface area contributed by atoms with E-state index in [-0.39, 0.29) is 19.1 Å². The molecule has 2 aromatic rings. The van der Waals surface area contributed by atoms with Crippen LogP contribution >= 0.6 is 11.8 Å². The minimum Gasteiger partial charge on any atom is -0.463 e. The number of imide groups is 1. The third-order valence-corrected chi connectivity index (χ3v) is 5.19. The molecule has 2 aliphatic heterocycles. The first-order valence-corrected chi connectivity index (χ1v) is 9.10. The van der Waals surface area contributed by atoms with E-state index >= 15 is 0 Å². The molecule has 0 radical (unpaired) electrons. The molecule has 2 aliphatic rings. The molecule has 8 nitrogen and oxygen atoms in total. The van der Waals surface area contributed by atoms with Gasteiger partial charge in [-0.3, -0.25) is 14.5 Å². The molecule has 0 aliphatic carbocycles. The lowest BCUT2D eigenvalue weighted by Crippen LogP contribution is -2.27. The van der Waals surface area contributed by atoms with Crippen molar-refractivity contribution >= 4 is 35.0 Å². The van der Waals surface area contributed by atoms with Crippen LogP contribution in [0.1, 0.15) is 27.4 Å². The maximum Gasteiger partial charge on any atom is 0.373 e. The van der Waals surface area contributed by atoms with Gasteiger partial charge in [0.05, 0.1) is 18.6 Å². The molecule has 144 valence electrons.